The highest BCUT2D eigenvalue weighted by atomic mass is 16.3. The van der Waals surface area contributed by atoms with Crippen molar-refractivity contribution in [2.75, 3.05) is 0 Å². The lowest BCUT2D eigenvalue weighted by molar-refractivity contribution is 0.0993. The van der Waals surface area contributed by atoms with Crippen molar-refractivity contribution in [1.29, 1.82) is 0 Å². The lowest BCUT2D eigenvalue weighted by Gasteiger charge is -2.06. The topological polar surface area (TPSA) is 50.2 Å². The highest BCUT2D eigenvalue weighted by Gasteiger charge is 2.10. The second kappa shape index (κ2) is 5.85. The van der Waals surface area contributed by atoms with Crippen molar-refractivity contribution in [3.63, 3.8) is 0 Å². The number of aliphatic hydroxyl groups excluding tert-OH is 1. The van der Waals surface area contributed by atoms with Crippen molar-refractivity contribution < 1.29 is 9.90 Å². The number of hydrogen-bond donors (Lipinski definition) is 1. The van der Waals surface area contributed by atoms with E-state index in [-0.39, 0.29) is 12.4 Å². The highest BCUT2D eigenvalue weighted by Crippen LogP contribution is 2.18. The minimum Gasteiger partial charge on any atom is -0.392 e. The molecule has 21 heavy (non-hydrogen) atoms. The number of ketones is 1. The average molecular weight is 277 g/mol. The zero-order valence-electron chi connectivity index (χ0n) is 11.5. The van der Waals surface area contributed by atoms with E-state index >= 15 is 0 Å². The van der Waals surface area contributed by atoms with Gasteiger partial charge >= 0.3 is 0 Å². The largest absolute Gasteiger partial charge is 0.392 e. The Morgan fingerprint density at radius 2 is 1.76 bits per heavy atom. The van der Waals surface area contributed by atoms with Gasteiger partial charge in [-0.25, -0.2) is 0 Å². The van der Waals surface area contributed by atoms with Gasteiger partial charge in [-0.2, -0.15) is 0 Å². The van der Waals surface area contributed by atoms with Crippen LogP contribution in [0, 0.1) is 0 Å². The number of carbonyl (C=O) groups is 1. The van der Waals surface area contributed by atoms with Gasteiger partial charge in [0.2, 0.25) is 0 Å². The molecule has 0 aliphatic carbocycles. The zero-order valence-corrected chi connectivity index (χ0v) is 11.5. The minimum absolute atomic E-state index is 0.0122. The van der Waals surface area contributed by atoms with E-state index in [9.17, 15) is 4.79 Å². The Kier molecular flexibility index (Phi) is 3.75. The van der Waals surface area contributed by atoms with E-state index in [1.165, 1.54) is 0 Å². The van der Waals surface area contributed by atoms with Crippen LogP contribution in [0.4, 0.5) is 0 Å². The van der Waals surface area contributed by atoms with Crippen LogP contribution in [-0.4, -0.2) is 15.9 Å². The van der Waals surface area contributed by atoms with Gasteiger partial charge in [0.15, 0.2) is 5.78 Å². The van der Waals surface area contributed by atoms with Gasteiger partial charge in [-0.15, -0.1) is 0 Å². The highest BCUT2D eigenvalue weighted by molar-refractivity contribution is 5.99. The maximum absolute atomic E-state index is 12.4. The number of carbonyl (C=O) groups excluding carboxylic acids is 1. The molecule has 0 atom stereocenters. The van der Waals surface area contributed by atoms with Gasteiger partial charge in [0, 0.05) is 23.6 Å². The third-order valence-corrected chi connectivity index (χ3v) is 3.53. The minimum atomic E-state index is -0.0122. The average Bonchev–Trinajstić information content (AvgIpc) is 2.55. The van der Waals surface area contributed by atoms with Crippen molar-refractivity contribution in [1.82, 2.24) is 4.98 Å². The second-order valence-corrected chi connectivity index (χ2v) is 4.95. The normalized spacial score (nSPS) is 10.7. The molecule has 0 bridgehead atoms. The molecule has 1 aromatic heterocycles. The molecular formula is C18H15NO2. The number of nitrogens with zero attached hydrogens (tertiary/aromatic N) is 1. The summed E-state index contributed by atoms with van der Waals surface area (Å²) in [6, 6.07) is 16.8. The lowest BCUT2D eigenvalue weighted by atomic mass is 10.00. The Morgan fingerprint density at radius 3 is 2.52 bits per heavy atom. The number of rotatable bonds is 4. The first-order valence-corrected chi connectivity index (χ1v) is 6.83. The van der Waals surface area contributed by atoms with Crippen molar-refractivity contribution in [3.8, 4) is 0 Å². The van der Waals surface area contributed by atoms with Crippen LogP contribution in [0.25, 0.3) is 10.9 Å². The van der Waals surface area contributed by atoms with Crippen LogP contribution >= 0.6 is 0 Å². The molecule has 0 saturated carbocycles. The summed E-state index contributed by atoms with van der Waals surface area (Å²) in [5.41, 5.74) is 3.27. The van der Waals surface area contributed by atoms with Crippen molar-refractivity contribution in [3.05, 3.63) is 77.5 Å². The quantitative estimate of drug-likeness (QED) is 0.745. The first-order chi connectivity index (χ1) is 10.3. The molecule has 0 aliphatic heterocycles. The first kappa shape index (κ1) is 13.5. The molecule has 3 aromatic rings. The molecule has 3 nitrogen and oxygen atoms in total. The third-order valence-electron chi connectivity index (χ3n) is 3.53. The molecule has 0 unspecified atom stereocenters. The monoisotopic (exact) mass is 277 g/mol. The summed E-state index contributed by atoms with van der Waals surface area (Å²) in [4.78, 5) is 16.7. The summed E-state index contributed by atoms with van der Waals surface area (Å²) >= 11 is 0. The summed E-state index contributed by atoms with van der Waals surface area (Å²) < 4.78 is 0. The molecule has 1 N–H and O–H groups in total. The van der Waals surface area contributed by atoms with Gasteiger partial charge in [0.25, 0.3) is 0 Å². The SMILES string of the molecule is O=C(Cc1cccc2cccnc12)c1ccc(CO)cc1. The fourth-order valence-electron chi connectivity index (χ4n) is 2.38. The van der Waals surface area contributed by atoms with E-state index in [4.69, 9.17) is 5.11 Å². The number of pyridine rings is 1. The van der Waals surface area contributed by atoms with Crippen LogP contribution in [0.5, 0.6) is 0 Å². The fourth-order valence-corrected chi connectivity index (χ4v) is 2.38. The van der Waals surface area contributed by atoms with Crippen LogP contribution in [0.15, 0.2) is 60.8 Å². The van der Waals surface area contributed by atoms with E-state index in [2.05, 4.69) is 4.98 Å². The number of Topliss-reactive ketones (excluding diaryl/α,β-unsaturated/α-hetero) is 1. The summed E-state index contributed by atoms with van der Waals surface area (Å²) in [5.74, 6) is 0.0534. The Morgan fingerprint density at radius 1 is 1.00 bits per heavy atom. The van der Waals surface area contributed by atoms with Gasteiger partial charge in [0.05, 0.1) is 12.1 Å². The number of para-hydroxylation sites is 1. The molecule has 104 valence electrons. The summed E-state index contributed by atoms with van der Waals surface area (Å²) in [5, 5.41) is 10.1. The summed E-state index contributed by atoms with van der Waals surface area (Å²) in [7, 11) is 0. The predicted octanol–water partition coefficient (Wildman–Crippen LogP) is 3.15. The molecule has 0 saturated heterocycles. The third kappa shape index (κ3) is 2.83. The molecule has 3 heteroatoms. The van der Waals surface area contributed by atoms with Gasteiger partial charge in [0.1, 0.15) is 0 Å². The van der Waals surface area contributed by atoms with Crippen molar-refractivity contribution in [2.24, 2.45) is 0 Å². The Balaban J connectivity index is 1.89. The number of aromatic nitrogens is 1. The number of aliphatic hydroxyl groups is 1. The number of hydrogen-bond acceptors (Lipinski definition) is 3. The Labute approximate surface area is 122 Å². The molecule has 0 aliphatic rings. The van der Waals surface area contributed by atoms with Crippen molar-refractivity contribution >= 4 is 16.7 Å². The van der Waals surface area contributed by atoms with Crippen LogP contribution in [0.2, 0.25) is 0 Å². The van der Waals surface area contributed by atoms with E-state index in [1.54, 1.807) is 30.5 Å². The summed E-state index contributed by atoms with van der Waals surface area (Å²) in [6.45, 7) is -0.0122. The maximum Gasteiger partial charge on any atom is 0.167 e. The van der Waals surface area contributed by atoms with E-state index < -0.39 is 0 Å². The molecule has 3 rings (SSSR count). The molecule has 2 aromatic carbocycles. The molecule has 0 spiro atoms. The standard InChI is InChI=1S/C18H15NO2/c20-12-13-6-8-14(9-7-13)17(21)11-16-4-1-3-15-5-2-10-19-18(15)16/h1-10,20H,11-12H2. The fraction of sp³-hybridized carbons (Fsp3) is 0.111. The summed E-state index contributed by atoms with van der Waals surface area (Å²) in [6.07, 6.45) is 2.07. The predicted molar refractivity (Wildman–Crippen MR) is 82.1 cm³/mol. The van der Waals surface area contributed by atoms with Gasteiger partial charge in [-0.3, -0.25) is 9.78 Å². The molecule has 1 heterocycles. The number of benzene rings is 2. The van der Waals surface area contributed by atoms with Crippen LogP contribution in [0.1, 0.15) is 21.5 Å². The molecular weight excluding hydrogens is 262 g/mol. The lowest BCUT2D eigenvalue weighted by Crippen LogP contribution is -2.04. The first-order valence-electron chi connectivity index (χ1n) is 6.83. The van der Waals surface area contributed by atoms with Crippen LogP contribution < -0.4 is 0 Å². The maximum atomic E-state index is 12.4. The smallest absolute Gasteiger partial charge is 0.167 e. The van der Waals surface area contributed by atoms with Gasteiger partial charge in [-0.1, -0.05) is 48.5 Å². The van der Waals surface area contributed by atoms with Gasteiger partial charge in [-0.05, 0) is 17.2 Å². The van der Waals surface area contributed by atoms with Crippen molar-refractivity contribution in [2.45, 2.75) is 13.0 Å². The Hall–Kier alpha value is -2.52. The van der Waals surface area contributed by atoms with Gasteiger partial charge < -0.3 is 5.11 Å². The van der Waals surface area contributed by atoms with E-state index in [1.807, 2.05) is 30.3 Å². The van der Waals surface area contributed by atoms with Crippen LogP contribution in [-0.2, 0) is 13.0 Å². The van der Waals surface area contributed by atoms with Crippen LogP contribution in [0.3, 0.4) is 0 Å². The Bertz CT molecular complexity index is 773. The molecule has 0 amide bonds. The second-order valence-electron chi connectivity index (χ2n) is 4.95. The van der Waals surface area contributed by atoms with E-state index in [0.717, 1.165) is 22.0 Å². The number of fused-ring (bicyclic) bond motifs is 1. The molecule has 0 fully saturated rings. The van der Waals surface area contributed by atoms with E-state index in [0.29, 0.717) is 12.0 Å². The molecule has 0 radical (unpaired) electrons. The zero-order chi connectivity index (χ0) is 14.7.